The van der Waals surface area contributed by atoms with Gasteiger partial charge in [-0.25, -0.2) is 0 Å². The van der Waals surface area contributed by atoms with Gasteiger partial charge in [0.05, 0.1) is 15.5 Å². The average Bonchev–Trinajstić information content (AvgIpc) is 2.51. The molecule has 0 amide bonds. The Bertz CT molecular complexity index is 795. The van der Waals surface area contributed by atoms with Crippen LogP contribution in [-0.4, -0.2) is 20.0 Å². The maximum absolute atomic E-state index is 8.56. The Balaban J connectivity index is -0.000000428. The Hall–Kier alpha value is -0.758. The molecule has 188 valence electrons. The van der Waals surface area contributed by atoms with E-state index in [1.54, 1.807) is 0 Å². The van der Waals surface area contributed by atoms with Crippen LogP contribution in [0.3, 0.4) is 0 Å². The summed E-state index contributed by atoms with van der Waals surface area (Å²) in [6, 6.07) is 18.8. The molecule has 2 aromatic carbocycles. The Morgan fingerprint density at radius 3 is 1.47 bits per heavy atom. The van der Waals surface area contributed by atoms with E-state index >= 15 is 0 Å². The summed E-state index contributed by atoms with van der Waals surface area (Å²) in [5, 5.41) is 1.46. The van der Waals surface area contributed by atoms with Gasteiger partial charge in [0.2, 0.25) is 0 Å². The molecule has 0 aliphatic rings. The first kappa shape index (κ1) is 35.8. The van der Waals surface area contributed by atoms with Crippen LogP contribution in [0, 0.1) is 6.07 Å². The van der Waals surface area contributed by atoms with Gasteiger partial charge in [-0.15, -0.1) is 35.9 Å². The van der Waals surface area contributed by atoms with Gasteiger partial charge in [0.15, 0.2) is 0 Å². The minimum absolute atomic E-state index is 0. The number of nitrogen functional groups attached to an aromatic ring is 1. The van der Waals surface area contributed by atoms with E-state index in [0.717, 1.165) is 16.8 Å². The predicted octanol–water partition coefficient (Wildman–Crippen LogP) is 7.73. The van der Waals surface area contributed by atoms with E-state index in [1.165, 1.54) is 0 Å². The molecule has 0 saturated heterocycles. The van der Waals surface area contributed by atoms with Gasteiger partial charge in [-0.05, 0) is 74.1 Å². The minimum atomic E-state index is -2.86. The van der Waals surface area contributed by atoms with Crippen molar-refractivity contribution in [1.29, 1.82) is 0 Å². The maximum Gasteiger partial charge on any atom is 0.0703 e. The van der Waals surface area contributed by atoms with Crippen molar-refractivity contribution < 1.29 is 33.4 Å². The zero-order chi connectivity index (χ0) is 23.8. The van der Waals surface area contributed by atoms with Gasteiger partial charge in [-0.2, -0.15) is 0 Å². The molecule has 0 unspecified atom stereocenters. The summed E-state index contributed by atoms with van der Waals surface area (Å²) in [5.41, 5.74) is 8.72. The number of benzene rings is 2. The van der Waals surface area contributed by atoms with E-state index in [9.17, 15) is 0 Å². The molecule has 3 N–H and O–H groups in total. The van der Waals surface area contributed by atoms with E-state index in [0.29, 0.717) is 15.5 Å². The summed E-state index contributed by atoms with van der Waals surface area (Å²) >= 11 is 0. The molecule has 32 heavy (non-hydrogen) atoms. The number of hydrogen-bond donors (Lipinski definition) is 2. The van der Waals surface area contributed by atoms with Gasteiger partial charge >= 0.3 is 0 Å². The summed E-state index contributed by atoms with van der Waals surface area (Å²) in [5.74, 6) is 0. The van der Waals surface area contributed by atoms with Crippen molar-refractivity contribution in [2.75, 3.05) is 5.73 Å². The van der Waals surface area contributed by atoms with Crippen molar-refractivity contribution in [3.05, 3.63) is 54.6 Å². The molecule has 0 bridgehead atoms. The summed E-state index contributed by atoms with van der Waals surface area (Å²) in [6.45, 7) is 21.6. The number of hydrogen-bond acceptors (Lipinski definition) is 4. The summed E-state index contributed by atoms with van der Waals surface area (Å²) in [4.78, 5) is 0. The second kappa shape index (κ2) is 15.2. The van der Waals surface area contributed by atoms with Crippen LogP contribution < -0.4 is 5.73 Å². The summed E-state index contributed by atoms with van der Waals surface area (Å²) in [6.07, 6.45) is 0. The molecular formula is C25H43NO3PPdS-. The molecule has 2 aromatic rings. The van der Waals surface area contributed by atoms with Gasteiger partial charge in [-0.3, -0.25) is 0 Å². The molecule has 0 aliphatic carbocycles. The third-order valence-corrected chi connectivity index (χ3v) is 8.71. The fourth-order valence-corrected chi connectivity index (χ4v) is 11.4. The third kappa shape index (κ3) is 14.4. The third-order valence-electron chi connectivity index (χ3n) is 4.21. The molecule has 4 nitrogen and oxygen atoms in total. The van der Waals surface area contributed by atoms with Gasteiger partial charge in [-0.1, -0.05) is 31.2 Å². The Morgan fingerprint density at radius 2 is 1.19 bits per heavy atom. The summed E-state index contributed by atoms with van der Waals surface area (Å²) in [7, 11) is -3.25. The van der Waals surface area contributed by atoms with Gasteiger partial charge < -0.3 is 18.7 Å². The fourth-order valence-electron chi connectivity index (χ4n) is 4.68. The van der Waals surface area contributed by atoms with E-state index in [4.69, 9.17) is 18.7 Å². The van der Waals surface area contributed by atoms with E-state index in [1.807, 2.05) is 48.5 Å². The van der Waals surface area contributed by atoms with Gasteiger partial charge in [0, 0.05) is 39.3 Å². The van der Waals surface area contributed by atoms with Crippen LogP contribution in [-0.2, 0) is 39.8 Å². The zero-order valence-corrected chi connectivity index (χ0v) is 23.6. The van der Waals surface area contributed by atoms with Crippen LogP contribution in [0.25, 0.3) is 11.1 Å². The molecular weight excluding hydrogens is 532 g/mol. The molecule has 0 spiro atoms. The van der Waals surface area contributed by atoms with Crippen LogP contribution in [0.5, 0.6) is 0 Å². The van der Waals surface area contributed by atoms with Crippen LogP contribution in [0.2, 0.25) is 0 Å². The number of anilines is 1. The van der Waals surface area contributed by atoms with Crippen molar-refractivity contribution in [3.8, 4) is 11.1 Å². The fraction of sp³-hybridized carbons (Fsp3) is 0.520. The SMILES string of the molecule is C.CC(C)(C)[PH+](C(C)(C)C)C(C)(C)C.Nc1ccccc1-c1[c-]cccc1.O=[S-](=O)O.[Pd]. The maximum atomic E-state index is 8.56. The first-order valence-corrected chi connectivity index (χ1v) is 12.5. The van der Waals surface area contributed by atoms with Crippen LogP contribution in [0.4, 0.5) is 5.69 Å². The molecule has 0 saturated carbocycles. The standard InChI is InChI=1S/C12H10N.C12H27P.CH4.HO3S.Pd/c13-12-9-5-4-8-11(12)10-6-2-1-3-7-10;1-10(2,3)13(11(4,5)6)12(7,8)9;;1-4(2)3;/h1-6,8-9H,13H2;1-9H3;1H4;(H,1,2,3);/q-1;;;-1;/p+1. The Kier molecular flexibility index (Phi) is 17.0. The van der Waals surface area contributed by atoms with Crippen LogP contribution in [0.15, 0.2) is 48.5 Å². The monoisotopic (exact) mass is 574 g/mol. The molecule has 0 fully saturated rings. The first-order valence-electron chi connectivity index (χ1n) is 9.96. The normalized spacial score (nSPS) is 11.2. The number of nitrogens with two attached hydrogens (primary N) is 1. The van der Waals surface area contributed by atoms with Crippen molar-refractivity contribution in [1.82, 2.24) is 0 Å². The molecule has 0 aromatic heterocycles. The van der Waals surface area contributed by atoms with Crippen molar-refractivity contribution >= 4 is 24.6 Å². The van der Waals surface area contributed by atoms with Crippen molar-refractivity contribution in [3.63, 3.8) is 0 Å². The summed E-state index contributed by atoms with van der Waals surface area (Å²) < 4.78 is 24.1. The van der Waals surface area contributed by atoms with Crippen LogP contribution >= 0.6 is 7.92 Å². The average molecular weight is 575 g/mol. The van der Waals surface area contributed by atoms with E-state index in [2.05, 4.69) is 68.4 Å². The molecule has 7 heteroatoms. The predicted molar refractivity (Wildman–Crippen MR) is 141 cm³/mol. The molecule has 0 atom stereocenters. The minimum Gasteiger partial charge on any atom is -0.439 e. The molecule has 2 rings (SSSR count). The van der Waals surface area contributed by atoms with E-state index in [-0.39, 0.29) is 27.8 Å². The molecule has 0 aliphatic heterocycles. The smallest absolute Gasteiger partial charge is 0.0703 e. The number of rotatable bonds is 1. The van der Waals surface area contributed by atoms with E-state index < -0.39 is 18.9 Å². The Morgan fingerprint density at radius 1 is 0.812 bits per heavy atom. The largest absolute Gasteiger partial charge is 0.439 e. The number of para-hydroxylation sites is 1. The first-order chi connectivity index (χ1) is 13.5. The molecule has 0 radical (unpaired) electrons. The zero-order valence-electron chi connectivity index (χ0n) is 20.2. The topological polar surface area (TPSA) is 80.4 Å². The van der Waals surface area contributed by atoms with Gasteiger partial charge in [0.1, 0.15) is 0 Å². The second-order valence-electron chi connectivity index (χ2n) is 10.2. The molecule has 0 heterocycles. The quantitative estimate of drug-likeness (QED) is 0.0694. The van der Waals surface area contributed by atoms with Gasteiger partial charge in [0.25, 0.3) is 0 Å². The second-order valence-corrected chi connectivity index (χ2v) is 15.9. The van der Waals surface area contributed by atoms with Crippen molar-refractivity contribution in [2.45, 2.75) is 85.2 Å². The van der Waals surface area contributed by atoms with Crippen molar-refractivity contribution in [2.24, 2.45) is 0 Å². The van der Waals surface area contributed by atoms with Crippen LogP contribution in [0.1, 0.15) is 69.7 Å². The Labute approximate surface area is 214 Å².